The predicted molar refractivity (Wildman–Crippen MR) is 83.1 cm³/mol. The molecule has 1 aromatic carbocycles. The highest BCUT2D eigenvalue weighted by molar-refractivity contribution is 9.10. The van der Waals surface area contributed by atoms with Crippen molar-refractivity contribution in [3.05, 3.63) is 44.5 Å². The van der Waals surface area contributed by atoms with Crippen LogP contribution in [0, 0.1) is 20.8 Å². The molecule has 0 N–H and O–H groups in total. The fourth-order valence-corrected chi connectivity index (χ4v) is 2.95. The second-order valence-electron chi connectivity index (χ2n) is 4.78. The molecular weight excluding hydrogens is 340 g/mol. The maximum Gasteiger partial charge on any atom is 0.186 e. The van der Waals surface area contributed by atoms with Crippen molar-refractivity contribution >= 4 is 33.2 Å². The van der Waals surface area contributed by atoms with Crippen LogP contribution in [0.5, 0.6) is 0 Å². The highest BCUT2D eigenvalue weighted by Gasteiger charge is 2.16. The average molecular weight is 352 g/mol. The summed E-state index contributed by atoms with van der Waals surface area (Å²) in [6, 6.07) is 6.07. The van der Waals surface area contributed by atoms with E-state index in [1.54, 1.807) is 4.52 Å². The molecule has 2 heterocycles. The summed E-state index contributed by atoms with van der Waals surface area (Å²) in [7, 11) is 0. The maximum atomic E-state index is 6.18. The minimum atomic E-state index is 0.472. The van der Waals surface area contributed by atoms with Crippen LogP contribution in [-0.2, 0) is 0 Å². The lowest BCUT2D eigenvalue weighted by atomic mass is 10.1. The molecule has 2 aromatic heterocycles. The third kappa shape index (κ3) is 2.01. The Balaban J connectivity index is 2.33. The molecule has 0 saturated heterocycles. The van der Waals surface area contributed by atoms with E-state index < -0.39 is 0 Å². The monoisotopic (exact) mass is 350 g/mol. The second kappa shape index (κ2) is 4.82. The third-order valence-corrected chi connectivity index (χ3v) is 4.42. The Kier molecular flexibility index (Phi) is 3.26. The summed E-state index contributed by atoms with van der Waals surface area (Å²) >= 11 is 9.74. The number of hydrogen-bond acceptors (Lipinski definition) is 3. The van der Waals surface area contributed by atoms with Crippen molar-refractivity contribution in [2.45, 2.75) is 20.8 Å². The molecule has 0 bridgehead atoms. The van der Waals surface area contributed by atoms with Gasteiger partial charge in [0.1, 0.15) is 0 Å². The number of nitrogens with zero attached hydrogens (tertiary/aromatic N) is 4. The van der Waals surface area contributed by atoms with Crippen molar-refractivity contribution in [2.24, 2.45) is 0 Å². The zero-order valence-corrected chi connectivity index (χ0v) is 13.6. The Morgan fingerprint density at radius 1 is 1.10 bits per heavy atom. The molecule has 102 valence electrons. The van der Waals surface area contributed by atoms with E-state index in [0.717, 1.165) is 26.8 Å². The van der Waals surface area contributed by atoms with Crippen LogP contribution in [0.1, 0.15) is 16.7 Å². The van der Waals surface area contributed by atoms with E-state index in [0.29, 0.717) is 11.0 Å². The summed E-state index contributed by atoms with van der Waals surface area (Å²) in [5.74, 6) is 0.678. The van der Waals surface area contributed by atoms with Crippen LogP contribution in [0.2, 0.25) is 5.15 Å². The Bertz CT molecular complexity index is 826. The molecule has 20 heavy (non-hydrogen) atoms. The van der Waals surface area contributed by atoms with Gasteiger partial charge in [0, 0.05) is 15.6 Å². The standard InChI is InChI=1S/C14H12BrClN4/c1-7-4-5-10(11(15)6-7)14-18-17-13-9(3)8(2)12(16)19-20(13)14/h4-6H,1-3H3. The van der Waals surface area contributed by atoms with Gasteiger partial charge < -0.3 is 0 Å². The first-order chi connectivity index (χ1) is 9.49. The molecular formula is C14H12BrClN4. The summed E-state index contributed by atoms with van der Waals surface area (Å²) in [5.41, 5.74) is 4.77. The normalized spacial score (nSPS) is 11.2. The SMILES string of the molecule is Cc1ccc(-c2nnc3c(C)c(C)c(Cl)nn23)c(Br)c1. The number of halogens is 2. The van der Waals surface area contributed by atoms with Crippen molar-refractivity contribution in [1.82, 2.24) is 19.8 Å². The molecule has 4 nitrogen and oxygen atoms in total. The van der Waals surface area contributed by atoms with Crippen molar-refractivity contribution < 1.29 is 0 Å². The fraction of sp³-hybridized carbons (Fsp3) is 0.214. The largest absolute Gasteiger partial charge is 0.191 e. The number of benzene rings is 1. The van der Waals surface area contributed by atoms with Crippen LogP contribution in [0.3, 0.4) is 0 Å². The highest BCUT2D eigenvalue weighted by Crippen LogP contribution is 2.29. The molecule has 3 aromatic rings. The lowest BCUT2D eigenvalue weighted by molar-refractivity contribution is 0.918. The molecule has 0 aliphatic heterocycles. The highest BCUT2D eigenvalue weighted by atomic mass is 79.9. The molecule has 0 spiro atoms. The van der Waals surface area contributed by atoms with Gasteiger partial charge in [-0.15, -0.1) is 10.2 Å². The number of aromatic nitrogens is 4. The molecule has 0 amide bonds. The molecule has 0 radical (unpaired) electrons. The van der Waals surface area contributed by atoms with Gasteiger partial charge in [0.05, 0.1) is 0 Å². The Labute approximate surface area is 129 Å². The fourth-order valence-electron chi connectivity index (χ4n) is 2.06. The summed E-state index contributed by atoms with van der Waals surface area (Å²) in [4.78, 5) is 0. The second-order valence-corrected chi connectivity index (χ2v) is 6.00. The molecule has 6 heteroatoms. The summed E-state index contributed by atoms with van der Waals surface area (Å²) < 4.78 is 2.66. The Hall–Kier alpha value is -1.46. The average Bonchev–Trinajstić information content (AvgIpc) is 2.80. The van der Waals surface area contributed by atoms with Crippen LogP contribution in [0.15, 0.2) is 22.7 Å². The first kappa shape index (κ1) is 13.5. The summed E-state index contributed by atoms with van der Waals surface area (Å²) in [6.07, 6.45) is 0. The number of rotatable bonds is 1. The van der Waals surface area contributed by atoms with Crippen LogP contribution in [0.4, 0.5) is 0 Å². The third-order valence-electron chi connectivity index (χ3n) is 3.40. The van der Waals surface area contributed by atoms with Crippen molar-refractivity contribution in [3.8, 4) is 11.4 Å². The van der Waals surface area contributed by atoms with Gasteiger partial charge in [-0.25, -0.2) is 0 Å². The van der Waals surface area contributed by atoms with E-state index >= 15 is 0 Å². The molecule has 0 atom stereocenters. The van der Waals surface area contributed by atoms with Gasteiger partial charge in [-0.2, -0.15) is 9.61 Å². The van der Waals surface area contributed by atoms with Gasteiger partial charge in [-0.1, -0.05) is 33.6 Å². The van der Waals surface area contributed by atoms with Crippen molar-refractivity contribution in [2.75, 3.05) is 0 Å². The van der Waals surface area contributed by atoms with Crippen molar-refractivity contribution in [3.63, 3.8) is 0 Å². The predicted octanol–water partition coefficient (Wildman–Crippen LogP) is 4.13. The lowest BCUT2D eigenvalue weighted by Gasteiger charge is -2.06. The van der Waals surface area contributed by atoms with E-state index in [9.17, 15) is 0 Å². The summed E-state index contributed by atoms with van der Waals surface area (Å²) in [6.45, 7) is 5.95. The minimum Gasteiger partial charge on any atom is -0.191 e. The molecule has 3 rings (SSSR count). The lowest BCUT2D eigenvalue weighted by Crippen LogP contribution is -2.00. The molecule has 0 aliphatic rings. The van der Waals surface area contributed by atoms with Gasteiger partial charge in [-0.3, -0.25) is 0 Å². The van der Waals surface area contributed by atoms with E-state index in [2.05, 4.69) is 31.2 Å². The van der Waals surface area contributed by atoms with Crippen molar-refractivity contribution in [1.29, 1.82) is 0 Å². The zero-order valence-electron chi connectivity index (χ0n) is 11.3. The van der Waals surface area contributed by atoms with Gasteiger partial charge >= 0.3 is 0 Å². The number of aryl methyl sites for hydroxylation is 2. The smallest absolute Gasteiger partial charge is 0.186 e. The zero-order chi connectivity index (χ0) is 14.4. The quantitative estimate of drug-likeness (QED) is 0.662. The minimum absolute atomic E-state index is 0.472. The summed E-state index contributed by atoms with van der Waals surface area (Å²) in [5, 5.41) is 13.3. The van der Waals surface area contributed by atoms with Gasteiger partial charge in [0.2, 0.25) is 0 Å². The Morgan fingerprint density at radius 3 is 2.55 bits per heavy atom. The maximum absolute atomic E-state index is 6.18. The van der Waals surface area contributed by atoms with Crippen LogP contribution in [-0.4, -0.2) is 19.8 Å². The van der Waals surface area contributed by atoms with E-state index in [4.69, 9.17) is 11.6 Å². The van der Waals surface area contributed by atoms with E-state index in [1.807, 2.05) is 39.0 Å². The molecule has 0 unspecified atom stereocenters. The number of fused-ring (bicyclic) bond motifs is 1. The Morgan fingerprint density at radius 2 is 1.85 bits per heavy atom. The van der Waals surface area contributed by atoms with Crippen LogP contribution < -0.4 is 0 Å². The van der Waals surface area contributed by atoms with Gasteiger partial charge in [0.15, 0.2) is 16.6 Å². The van der Waals surface area contributed by atoms with Crippen LogP contribution in [0.25, 0.3) is 17.0 Å². The van der Waals surface area contributed by atoms with Gasteiger partial charge in [0.25, 0.3) is 0 Å². The van der Waals surface area contributed by atoms with Crippen LogP contribution >= 0.6 is 27.5 Å². The molecule has 0 aliphatic carbocycles. The van der Waals surface area contributed by atoms with Gasteiger partial charge in [-0.05, 0) is 44.0 Å². The van der Waals surface area contributed by atoms with E-state index in [1.165, 1.54) is 5.56 Å². The topological polar surface area (TPSA) is 43.1 Å². The first-order valence-electron chi connectivity index (χ1n) is 6.13. The number of hydrogen-bond donors (Lipinski definition) is 0. The molecule has 0 fully saturated rings. The molecule has 0 saturated carbocycles. The first-order valence-corrected chi connectivity index (χ1v) is 7.30. The van der Waals surface area contributed by atoms with E-state index in [-0.39, 0.29) is 0 Å².